The van der Waals surface area contributed by atoms with E-state index in [0.29, 0.717) is 55.7 Å². The lowest BCUT2D eigenvalue weighted by atomic mass is 9.68. The second-order valence-electron chi connectivity index (χ2n) is 14.0. The number of methoxy groups -OCH3 is 2. The number of ether oxygens (including phenoxy) is 3. The Kier molecular flexibility index (Phi) is 9.49. The predicted molar refractivity (Wildman–Crippen MR) is 186 cm³/mol. The van der Waals surface area contributed by atoms with Crippen LogP contribution >= 0.6 is 11.6 Å². The van der Waals surface area contributed by atoms with Gasteiger partial charge < -0.3 is 24.0 Å². The molecule has 2 aromatic rings. The average Bonchev–Trinajstić information content (AvgIpc) is 3.18. The molecule has 2 fully saturated rings. The van der Waals surface area contributed by atoms with Gasteiger partial charge >= 0.3 is 6.03 Å². The highest BCUT2D eigenvalue weighted by Gasteiger charge is 2.44. The van der Waals surface area contributed by atoms with Crippen molar-refractivity contribution < 1.29 is 28.0 Å². The summed E-state index contributed by atoms with van der Waals surface area (Å²) in [5, 5.41) is 0.744. The summed E-state index contributed by atoms with van der Waals surface area (Å²) < 4.78 is 38.9. The van der Waals surface area contributed by atoms with Crippen molar-refractivity contribution in [3.8, 4) is 5.75 Å². The number of rotatable bonds is 3. The van der Waals surface area contributed by atoms with Crippen LogP contribution in [0.25, 0.3) is 0 Å². The first-order chi connectivity index (χ1) is 23.2. The number of allylic oxidation sites excluding steroid dienone is 1. The van der Waals surface area contributed by atoms with Gasteiger partial charge in [0.25, 0.3) is 5.91 Å². The third-order valence-electron chi connectivity index (χ3n) is 11.0. The van der Waals surface area contributed by atoms with E-state index in [4.69, 9.17) is 25.8 Å². The van der Waals surface area contributed by atoms with Crippen LogP contribution in [0.4, 0.5) is 10.5 Å². The molecule has 3 heterocycles. The molecule has 3 amide bonds. The summed E-state index contributed by atoms with van der Waals surface area (Å²) in [5.41, 5.74) is 3.45. The number of benzene rings is 2. The van der Waals surface area contributed by atoms with E-state index in [1.54, 1.807) is 20.3 Å². The van der Waals surface area contributed by atoms with Gasteiger partial charge in [-0.2, -0.15) is 0 Å². The minimum absolute atomic E-state index is 0.0346. The first kappa shape index (κ1) is 33.4. The number of urea groups is 1. The van der Waals surface area contributed by atoms with Gasteiger partial charge in [-0.3, -0.25) is 9.52 Å². The maximum atomic E-state index is 14.2. The number of halogens is 1. The maximum Gasteiger partial charge on any atom is 0.330 e. The van der Waals surface area contributed by atoms with E-state index < -0.39 is 21.9 Å². The van der Waals surface area contributed by atoms with Crippen LogP contribution in [0.1, 0.15) is 60.0 Å². The predicted octanol–water partition coefficient (Wildman–Crippen LogP) is 5.77. The average molecular weight is 697 g/mol. The molecule has 2 aliphatic carbocycles. The maximum absolute atomic E-state index is 14.2. The normalized spacial score (nSPS) is 31.2. The lowest BCUT2D eigenvalue weighted by Gasteiger charge is -2.46. The van der Waals surface area contributed by atoms with E-state index in [0.717, 1.165) is 55.9 Å². The minimum atomic E-state index is -3.42. The van der Waals surface area contributed by atoms with Crippen molar-refractivity contribution in [2.45, 2.75) is 62.6 Å². The Bertz CT molecular complexity index is 1720. The Balaban J connectivity index is 1.26. The lowest BCUT2D eigenvalue weighted by Crippen LogP contribution is -2.58. The first-order valence-electron chi connectivity index (χ1n) is 17.1. The quantitative estimate of drug-likeness (QED) is 0.406. The standard InChI is InChI=1S/C36H45ClN4O6S/c1-45-28-20-40(21-28)35(43)39-48(44)16-5-3-4-8-32(46-2)29-12-9-26(29)19-41-22-36(15-6-7-24-17-27(37)11-13-30(24)36)23-47-33-14-10-25(18-31(33)41)34(42)38-48/h4,8,10-11,13-14,17-18,26,28-29,32H,3,5-7,9,12,15-16,19-23H2,1-2H3,(H,38,39,42,43,44)/b8-4+/t26-,29+,32-,36-,48-/m0/s1. The number of anilines is 1. The van der Waals surface area contributed by atoms with E-state index in [9.17, 15) is 13.8 Å². The van der Waals surface area contributed by atoms with Crippen LogP contribution in [0.2, 0.25) is 5.02 Å². The van der Waals surface area contributed by atoms with Crippen LogP contribution in [-0.2, 0) is 31.2 Å². The number of aryl methyl sites for hydroxylation is 1. The highest BCUT2D eigenvalue weighted by atomic mass is 35.5. The number of fused-ring (bicyclic) bond motifs is 4. The molecule has 0 radical (unpaired) electrons. The summed E-state index contributed by atoms with van der Waals surface area (Å²) in [4.78, 5) is 30.7. The Labute approximate surface area is 288 Å². The first-order valence-corrected chi connectivity index (χ1v) is 19.1. The van der Waals surface area contributed by atoms with Crippen molar-refractivity contribution in [1.29, 1.82) is 0 Å². The third-order valence-corrected chi connectivity index (χ3v) is 13.0. The van der Waals surface area contributed by atoms with Gasteiger partial charge in [0, 0.05) is 43.3 Å². The van der Waals surface area contributed by atoms with Crippen LogP contribution in [0.3, 0.4) is 0 Å². The molecule has 1 N–H and O–H groups in total. The fraction of sp³-hybridized carbons (Fsp3) is 0.556. The molecule has 3 aliphatic heterocycles. The molecule has 12 heteroatoms. The molecule has 0 aromatic heterocycles. The van der Waals surface area contributed by atoms with Crippen LogP contribution in [0.5, 0.6) is 5.75 Å². The molecular formula is C36H45ClN4O6S. The molecular weight excluding hydrogens is 652 g/mol. The second-order valence-corrected chi connectivity index (χ2v) is 16.5. The van der Waals surface area contributed by atoms with Gasteiger partial charge in [0.05, 0.1) is 43.3 Å². The molecule has 1 spiro atoms. The van der Waals surface area contributed by atoms with Gasteiger partial charge in [-0.15, -0.1) is 4.36 Å². The molecule has 5 atom stereocenters. The van der Waals surface area contributed by atoms with E-state index in [1.165, 1.54) is 16.0 Å². The number of carbonyl (C=O) groups is 2. The molecule has 7 rings (SSSR count). The Morgan fingerprint density at radius 1 is 1.10 bits per heavy atom. The lowest BCUT2D eigenvalue weighted by molar-refractivity contribution is -0.00645. The summed E-state index contributed by atoms with van der Waals surface area (Å²) in [6, 6.07) is 11.1. The number of nitrogens with zero attached hydrogens (tertiary/aromatic N) is 3. The van der Waals surface area contributed by atoms with Gasteiger partial charge in [-0.1, -0.05) is 29.8 Å². The zero-order valence-corrected chi connectivity index (χ0v) is 29.3. The van der Waals surface area contributed by atoms with Gasteiger partial charge in [-0.25, -0.2) is 9.00 Å². The smallest absolute Gasteiger partial charge is 0.330 e. The zero-order chi connectivity index (χ0) is 33.5. The number of likely N-dealkylation sites (tertiary alicyclic amines) is 1. The summed E-state index contributed by atoms with van der Waals surface area (Å²) in [7, 11) is -0.0554. The highest BCUT2D eigenvalue weighted by molar-refractivity contribution is 7.92. The van der Waals surface area contributed by atoms with Crippen molar-refractivity contribution in [2.24, 2.45) is 16.2 Å². The van der Waals surface area contributed by atoms with Crippen LogP contribution in [0, 0.1) is 11.8 Å². The van der Waals surface area contributed by atoms with Gasteiger partial charge in [0.15, 0.2) is 0 Å². The van der Waals surface area contributed by atoms with Crippen LogP contribution in [0.15, 0.2) is 52.9 Å². The van der Waals surface area contributed by atoms with Crippen molar-refractivity contribution in [1.82, 2.24) is 9.62 Å². The topological polar surface area (TPSA) is 110 Å². The number of carbonyl (C=O) groups excluding carboxylic acids is 2. The third kappa shape index (κ3) is 6.58. The number of hydrogen-bond acceptors (Lipinski definition) is 7. The highest BCUT2D eigenvalue weighted by Crippen LogP contribution is 2.47. The number of nitrogens with one attached hydrogen (secondary N) is 1. The fourth-order valence-electron chi connectivity index (χ4n) is 8.07. The van der Waals surface area contributed by atoms with Crippen LogP contribution < -0.4 is 14.4 Å². The second kappa shape index (κ2) is 13.7. The Morgan fingerprint density at radius 3 is 2.73 bits per heavy atom. The van der Waals surface area contributed by atoms with Gasteiger partial charge in [0.2, 0.25) is 0 Å². The van der Waals surface area contributed by atoms with E-state index in [-0.39, 0.29) is 23.4 Å². The van der Waals surface area contributed by atoms with E-state index in [2.05, 4.69) is 38.3 Å². The molecule has 5 aliphatic rings. The molecule has 2 bridgehead atoms. The van der Waals surface area contributed by atoms with E-state index >= 15 is 0 Å². The molecule has 1 saturated carbocycles. The van der Waals surface area contributed by atoms with Crippen molar-refractivity contribution in [3.05, 3.63) is 70.3 Å². The van der Waals surface area contributed by atoms with Crippen LogP contribution in [-0.4, -0.2) is 86.0 Å². The molecule has 1 saturated heterocycles. The monoisotopic (exact) mass is 696 g/mol. The van der Waals surface area contributed by atoms with Crippen molar-refractivity contribution in [2.75, 3.05) is 57.7 Å². The molecule has 0 unspecified atom stereocenters. The van der Waals surface area contributed by atoms with E-state index in [1.807, 2.05) is 18.2 Å². The molecule has 48 heavy (non-hydrogen) atoms. The summed E-state index contributed by atoms with van der Waals surface area (Å²) >= 11 is 6.44. The Hall–Kier alpha value is -3.12. The zero-order valence-electron chi connectivity index (χ0n) is 27.7. The Morgan fingerprint density at radius 2 is 1.96 bits per heavy atom. The summed E-state index contributed by atoms with van der Waals surface area (Å²) in [5.74, 6) is 0.898. The SMILES string of the molecule is COC1CN(C(=O)N[S@@]2(=O)=NC(=O)c3ccc4c(c3)N(C[C@@H]3CC[C@H]3[C@@H](OC)/C=C/CCC2)C[C@@]2(CCCc3cc(Cl)ccc32)CO4)C1. The largest absolute Gasteiger partial charge is 0.490 e. The number of hydrogen-bond donors (Lipinski definition) is 1. The van der Waals surface area contributed by atoms with Crippen molar-refractivity contribution >= 4 is 39.1 Å². The molecule has 258 valence electrons. The van der Waals surface area contributed by atoms with Gasteiger partial charge in [-0.05, 0) is 98.2 Å². The number of amides is 3. The van der Waals surface area contributed by atoms with Crippen molar-refractivity contribution in [3.63, 3.8) is 0 Å². The fourth-order valence-corrected chi connectivity index (χ4v) is 9.83. The van der Waals surface area contributed by atoms with Gasteiger partial charge in [0.1, 0.15) is 15.7 Å². The molecule has 2 aromatic carbocycles. The summed E-state index contributed by atoms with van der Waals surface area (Å²) in [6.45, 7) is 2.83. The minimum Gasteiger partial charge on any atom is -0.490 e. The summed E-state index contributed by atoms with van der Waals surface area (Å²) in [6.07, 6.45) is 10.4. The molecule has 10 nitrogen and oxygen atoms in total.